The first-order chi connectivity index (χ1) is 10.8. The Balaban J connectivity index is 0.00000144. The predicted octanol–water partition coefficient (Wildman–Crippen LogP) is 2.79. The van der Waals surface area contributed by atoms with Crippen LogP contribution in [0.5, 0.6) is 0 Å². The van der Waals surface area contributed by atoms with Gasteiger partial charge in [-0.25, -0.2) is 4.98 Å². The molecule has 5 nitrogen and oxygen atoms in total. The number of halogens is 2. The summed E-state index contributed by atoms with van der Waals surface area (Å²) in [6.45, 7) is 2.68. The number of carbonyl (C=O) groups is 1. The van der Waals surface area contributed by atoms with E-state index in [0.29, 0.717) is 11.6 Å². The van der Waals surface area contributed by atoms with E-state index >= 15 is 0 Å². The molecule has 1 aliphatic heterocycles. The molecule has 0 saturated carbocycles. The average molecular weight is 371 g/mol. The van der Waals surface area contributed by atoms with Crippen LogP contribution in [-0.4, -0.2) is 47.0 Å². The molecule has 0 radical (unpaired) electrons. The van der Waals surface area contributed by atoms with Crippen molar-refractivity contribution in [3.05, 3.63) is 48.5 Å². The Morgan fingerprint density at radius 1 is 1.21 bits per heavy atom. The molecule has 1 N–H and O–H groups in total. The molecule has 0 aliphatic carbocycles. The maximum absolute atomic E-state index is 12.8. The van der Waals surface area contributed by atoms with Crippen molar-refractivity contribution < 1.29 is 4.79 Å². The second-order valence-electron chi connectivity index (χ2n) is 5.78. The Kier molecular flexibility index (Phi) is 8.25. The molecule has 0 unspecified atom stereocenters. The third kappa shape index (κ3) is 4.50. The van der Waals surface area contributed by atoms with Crippen LogP contribution in [0.1, 0.15) is 23.3 Å². The lowest BCUT2D eigenvalue weighted by Gasteiger charge is -2.32. The molecule has 0 spiro atoms. The monoisotopic (exact) mass is 370 g/mol. The van der Waals surface area contributed by atoms with E-state index < -0.39 is 0 Å². The minimum Gasteiger partial charge on any atom is -0.337 e. The summed E-state index contributed by atoms with van der Waals surface area (Å²) in [5, 5.41) is 3.22. The Morgan fingerprint density at radius 2 is 1.88 bits per heavy atom. The first kappa shape index (κ1) is 20.5. The normalized spacial score (nSPS) is 14.6. The van der Waals surface area contributed by atoms with Crippen LogP contribution >= 0.6 is 24.8 Å². The number of hydrogen-bond acceptors (Lipinski definition) is 3. The summed E-state index contributed by atoms with van der Waals surface area (Å²) >= 11 is 0. The van der Waals surface area contributed by atoms with Crippen molar-refractivity contribution in [2.45, 2.75) is 12.8 Å². The van der Waals surface area contributed by atoms with E-state index in [1.807, 2.05) is 46.8 Å². The van der Waals surface area contributed by atoms with E-state index in [1.54, 1.807) is 12.5 Å². The van der Waals surface area contributed by atoms with Crippen LogP contribution in [0.2, 0.25) is 0 Å². The maximum atomic E-state index is 12.8. The molecule has 1 aromatic carbocycles. The van der Waals surface area contributed by atoms with E-state index in [1.165, 1.54) is 0 Å². The zero-order valence-corrected chi connectivity index (χ0v) is 15.4. The van der Waals surface area contributed by atoms with Crippen molar-refractivity contribution in [1.82, 2.24) is 19.8 Å². The lowest BCUT2D eigenvalue weighted by Crippen LogP contribution is -2.41. The standard InChI is InChI=1S/C17H22N4O.2ClH/c1-18-11-14-7-9-20(10-8-14)17(22)16-12-19-13-21(16)15-5-3-2-4-6-15;;/h2-6,12-14,18H,7-11H2,1H3;2*1H. The zero-order valence-electron chi connectivity index (χ0n) is 13.7. The predicted molar refractivity (Wildman–Crippen MR) is 101 cm³/mol. The highest BCUT2D eigenvalue weighted by Crippen LogP contribution is 2.19. The summed E-state index contributed by atoms with van der Waals surface area (Å²) in [6.07, 6.45) is 5.49. The Labute approximate surface area is 155 Å². The number of rotatable bonds is 4. The summed E-state index contributed by atoms with van der Waals surface area (Å²) in [5.74, 6) is 0.748. The third-order valence-corrected chi connectivity index (χ3v) is 4.29. The molecule has 1 saturated heterocycles. The molecule has 2 aromatic rings. The lowest BCUT2D eigenvalue weighted by molar-refractivity contribution is 0.0683. The first-order valence-corrected chi connectivity index (χ1v) is 7.81. The largest absolute Gasteiger partial charge is 0.337 e. The molecular formula is C17H24Cl2N4O. The topological polar surface area (TPSA) is 50.2 Å². The molecule has 132 valence electrons. The number of imidazole rings is 1. The number of amides is 1. The van der Waals surface area contributed by atoms with Gasteiger partial charge in [-0.15, -0.1) is 24.8 Å². The second kappa shape index (κ2) is 9.67. The van der Waals surface area contributed by atoms with Gasteiger partial charge in [-0.05, 0) is 44.5 Å². The molecule has 7 heteroatoms. The van der Waals surface area contributed by atoms with Gasteiger partial charge in [0.15, 0.2) is 0 Å². The Hall–Kier alpha value is -1.56. The summed E-state index contributed by atoms with van der Waals surface area (Å²) in [5.41, 5.74) is 1.60. The number of hydrogen-bond donors (Lipinski definition) is 1. The summed E-state index contributed by atoms with van der Waals surface area (Å²) in [6, 6.07) is 9.86. The quantitative estimate of drug-likeness (QED) is 0.899. The average Bonchev–Trinajstić information content (AvgIpc) is 3.06. The van der Waals surface area contributed by atoms with E-state index in [9.17, 15) is 4.79 Å². The molecule has 2 heterocycles. The highest BCUT2D eigenvalue weighted by Gasteiger charge is 2.25. The van der Waals surface area contributed by atoms with Gasteiger partial charge in [0.05, 0.1) is 12.5 Å². The molecular weight excluding hydrogens is 347 g/mol. The Morgan fingerprint density at radius 3 is 2.50 bits per heavy atom. The van der Waals surface area contributed by atoms with Crippen molar-refractivity contribution in [3.8, 4) is 5.69 Å². The van der Waals surface area contributed by atoms with Gasteiger partial charge in [0.1, 0.15) is 5.69 Å². The van der Waals surface area contributed by atoms with Gasteiger partial charge in [-0.1, -0.05) is 18.2 Å². The fourth-order valence-electron chi connectivity index (χ4n) is 3.04. The highest BCUT2D eigenvalue weighted by atomic mass is 35.5. The van der Waals surface area contributed by atoms with Gasteiger partial charge < -0.3 is 10.2 Å². The molecule has 1 amide bonds. The van der Waals surface area contributed by atoms with Crippen LogP contribution in [-0.2, 0) is 0 Å². The van der Waals surface area contributed by atoms with Gasteiger partial charge in [0.2, 0.25) is 0 Å². The van der Waals surface area contributed by atoms with Crippen LogP contribution in [0, 0.1) is 5.92 Å². The first-order valence-electron chi connectivity index (χ1n) is 7.81. The number of para-hydroxylation sites is 1. The van der Waals surface area contributed by atoms with Crippen molar-refractivity contribution in [1.29, 1.82) is 0 Å². The van der Waals surface area contributed by atoms with E-state index in [2.05, 4.69) is 10.3 Å². The Bertz CT molecular complexity index is 625. The van der Waals surface area contributed by atoms with Crippen LogP contribution in [0.3, 0.4) is 0 Å². The van der Waals surface area contributed by atoms with Gasteiger partial charge in [-0.3, -0.25) is 9.36 Å². The van der Waals surface area contributed by atoms with Gasteiger partial charge in [0, 0.05) is 18.8 Å². The second-order valence-corrected chi connectivity index (χ2v) is 5.78. The molecule has 1 aromatic heterocycles. The number of likely N-dealkylation sites (tertiary alicyclic amines) is 1. The molecule has 1 fully saturated rings. The number of nitrogens with zero attached hydrogens (tertiary/aromatic N) is 3. The van der Waals surface area contributed by atoms with E-state index in [4.69, 9.17) is 0 Å². The van der Waals surface area contributed by atoms with Crippen molar-refractivity contribution in [2.75, 3.05) is 26.7 Å². The van der Waals surface area contributed by atoms with E-state index in [-0.39, 0.29) is 30.7 Å². The van der Waals surface area contributed by atoms with Gasteiger partial charge in [0.25, 0.3) is 5.91 Å². The van der Waals surface area contributed by atoms with Crippen molar-refractivity contribution in [3.63, 3.8) is 0 Å². The van der Waals surface area contributed by atoms with Gasteiger partial charge in [-0.2, -0.15) is 0 Å². The highest BCUT2D eigenvalue weighted by molar-refractivity contribution is 5.93. The molecule has 1 aliphatic rings. The number of nitrogens with one attached hydrogen (secondary N) is 1. The summed E-state index contributed by atoms with van der Waals surface area (Å²) in [4.78, 5) is 18.9. The summed E-state index contributed by atoms with van der Waals surface area (Å²) < 4.78 is 1.86. The van der Waals surface area contributed by atoms with Crippen LogP contribution in [0.25, 0.3) is 5.69 Å². The van der Waals surface area contributed by atoms with Crippen molar-refractivity contribution in [2.24, 2.45) is 5.92 Å². The van der Waals surface area contributed by atoms with Crippen LogP contribution in [0.15, 0.2) is 42.9 Å². The minimum absolute atomic E-state index is 0. The molecule has 0 bridgehead atoms. The number of benzene rings is 1. The third-order valence-electron chi connectivity index (χ3n) is 4.29. The van der Waals surface area contributed by atoms with Gasteiger partial charge >= 0.3 is 0 Å². The zero-order chi connectivity index (χ0) is 15.4. The summed E-state index contributed by atoms with van der Waals surface area (Å²) in [7, 11) is 1.98. The van der Waals surface area contributed by atoms with Crippen LogP contribution in [0.4, 0.5) is 0 Å². The SMILES string of the molecule is CNCC1CCN(C(=O)c2cncn2-c2ccccc2)CC1.Cl.Cl. The van der Waals surface area contributed by atoms with Crippen LogP contribution < -0.4 is 5.32 Å². The number of aromatic nitrogens is 2. The maximum Gasteiger partial charge on any atom is 0.272 e. The lowest BCUT2D eigenvalue weighted by atomic mass is 9.96. The molecule has 3 rings (SSSR count). The molecule has 24 heavy (non-hydrogen) atoms. The minimum atomic E-state index is 0. The van der Waals surface area contributed by atoms with Crippen molar-refractivity contribution >= 4 is 30.7 Å². The smallest absolute Gasteiger partial charge is 0.272 e. The number of carbonyl (C=O) groups excluding carboxylic acids is 1. The molecule has 0 atom stereocenters. The van der Waals surface area contributed by atoms with E-state index in [0.717, 1.165) is 38.2 Å². The number of piperidine rings is 1. The fraction of sp³-hybridized carbons (Fsp3) is 0.412. The fourth-order valence-corrected chi connectivity index (χ4v) is 3.04.